The quantitative estimate of drug-likeness (QED) is 0.682. The summed E-state index contributed by atoms with van der Waals surface area (Å²) in [5.41, 5.74) is 3.34. The molecule has 3 unspecified atom stereocenters. The van der Waals surface area contributed by atoms with Gasteiger partial charge < -0.3 is 0 Å². The van der Waals surface area contributed by atoms with Gasteiger partial charge in [0.15, 0.2) is 0 Å². The molecule has 1 aromatic rings. The molecule has 2 aliphatic rings. The van der Waals surface area contributed by atoms with E-state index < -0.39 is 0 Å². The van der Waals surface area contributed by atoms with Crippen LogP contribution in [0.15, 0.2) is 24.3 Å². The fraction of sp³-hybridized carbons (Fsp3) is 0.647. The zero-order chi connectivity index (χ0) is 12.6. The van der Waals surface area contributed by atoms with Crippen molar-refractivity contribution in [1.82, 2.24) is 0 Å². The third kappa shape index (κ3) is 2.09. The van der Waals surface area contributed by atoms with Gasteiger partial charge in [-0.1, -0.05) is 37.6 Å². The number of fused-ring (bicyclic) bond motifs is 2. The third-order valence-electron chi connectivity index (χ3n) is 5.36. The largest absolute Gasteiger partial charge is 0.126 e. The number of aryl methyl sites for hydroxylation is 1. The molecule has 0 spiro atoms. The highest BCUT2D eigenvalue weighted by atomic mass is 35.5. The van der Waals surface area contributed by atoms with E-state index in [-0.39, 0.29) is 0 Å². The minimum atomic E-state index is 0.415. The van der Waals surface area contributed by atoms with E-state index in [1.54, 1.807) is 0 Å². The summed E-state index contributed by atoms with van der Waals surface area (Å²) in [5, 5.41) is 0. The van der Waals surface area contributed by atoms with Crippen molar-refractivity contribution < 1.29 is 0 Å². The van der Waals surface area contributed by atoms with E-state index in [1.165, 1.54) is 43.2 Å². The lowest BCUT2D eigenvalue weighted by atomic mass is 9.71. The van der Waals surface area contributed by atoms with Crippen LogP contribution in [0.3, 0.4) is 0 Å². The first-order chi connectivity index (χ1) is 8.75. The van der Waals surface area contributed by atoms with Crippen LogP contribution in [-0.4, -0.2) is 5.88 Å². The predicted octanol–water partition coefficient (Wildman–Crippen LogP) is 4.84. The molecule has 0 heterocycles. The van der Waals surface area contributed by atoms with Gasteiger partial charge in [-0.15, -0.1) is 11.6 Å². The van der Waals surface area contributed by atoms with E-state index in [1.807, 2.05) is 0 Å². The molecule has 0 N–H and O–H groups in total. The van der Waals surface area contributed by atoms with Crippen molar-refractivity contribution in [2.45, 2.75) is 45.4 Å². The summed E-state index contributed by atoms with van der Waals surface area (Å²) in [5.74, 6) is 2.72. The van der Waals surface area contributed by atoms with Gasteiger partial charge in [0.25, 0.3) is 0 Å². The van der Waals surface area contributed by atoms with Crippen molar-refractivity contribution in [1.29, 1.82) is 0 Å². The highest BCUT2D eigenvalue weighted by Crippen LogP contribution is 2.57. The average molecular weight is 263 g/mol. The Morgan fingerprint density at radius 2 is 1.89 bits per heavy atom. The second-order valence-electron chi connectivity index (χ2n) is 6.42. The second kappa shape index (κ2) is 4.89. The number of alkyl halides is 1. The molecule has 2 saturated carbocycles. The fourth-order valence-corrected chi connectivity index (χ4v) is 4.71. The maximum Gasteiger partial charge on any atom is 0.0285 e. The summed E-state index contributed by atoms with van der Waals surface area (Å²) in [6.07, 6.45) is 8.02. The number of benzene rings is 1. The Kier molecular flexibility index (Phi) is 3.40. The molecule has 0 radical (unpaired) electrons. The molecule has 3 atom stereocenters. The molecule has 0 aliphatic heterocycles. The number of hydrogen-bond acceptors (Lipinski definition) is 0. The maximum absolute atomic E-state index is 6.37. The van der Waals surface area contributed by atoms with Crippen LogP contribution in [0.2, 0.25) is 0 Å². The van der Waals surface area contributed by atoms with E-state index in [2.05, 4.69) is 31.2 Å². The SMILES string of the molecule is CCc1ccc(CC2(CCl)CC3CCC2C3)cc1. The van der Waals surface area contributed by atoms with Crippen LogP contribution in [0.4, 0.5) is 0 Å². The maximum atomic E-state index is 6.37. The topological polar surface area (TPSA) is 0 Å². The van der Waals surface area contributed by atoms with E-state index in [4.69, 9.17) is 11.6 Å². The van der Waals surface area contributed by atoms with Gasteiger partial charge in [-0.3, -0.25) is 0 Å². The van der Waals surface area contributed by atoms with Gasteiger partial charge in [0.2, 0.25) is 0 Å². The van der Waals surface area contributed by atoms with Gasteiger partial charge in [0.1, 0.15) is 0 Å². The van der Waals surface area contributed by atoms with E-state index in [0.717, 1.165) is 24.1 Å². The third-order valence-corrected chi connectivity index (χ3v) is 5.89. The molecule has 1 aromatic carbocycles. The van der Waals surface area contributed by atoms with Crippen molar-refractivity contribution in [3.05, 3.63) is 35.4 Å². The lowest BCUT2D eigenvalue weighted by Gasteiger charge is -2.36. The lowest BCUT2D eigenvalue weighted by Crippen LogP contribution is -2.32. The van der Waals surface area contributed by atoms with Gasteiger partial charge in [0.05, 0.1) is 0 Å². The monoisotopic (exact) mass is 262 g/mol. The van der Waals surface area contributed by atoms with Crippen molar-refractivity contribution >= 4 is 11.6 Å². The molecule has 0 aromatic heterocycles. The van der Waals surface area contributed by atoms with Crippen molar-refractivity contribution in [3.8, 4) is 0 Å². The molecule has 0 saturated heterocycles. The molecule has 2 bridgehead atoms. The Hall–Kier alpha value is -0.490. The smallest absolute Gasteiger partial charge is 0.0285 e. The minimum Gasteiger partial charge on any atom is -0.126 e. The minimum absolute atomic E-state index is 0.415. The van der Waals surface area contributed by atoms with Gasteiger partial charge in [-0.25, -0.2) is 0 Å². The van der Waals surface area contributed by atoms with E-state index >= 15 is 0 Å². The molecule has 2 fully saturated rings. The fourth-order valence-electron chi connectivity index (χ4n) is 4.28. The molecule has 18 heavy (non-hydrogen) atoms. The first-order valence-corrected chi connectivity index (χ1v) is 7.93. The summed E-state index contributed by atoms with van der Waals surface area (Å²) < 4.78 is 0. The Bertz CT molecular complexity index is 408. The Labute approximate surface area is 116 Å². The summed E-state index contributed by atoms with van der Waals surface area (Å²) in [6.45, 7) is 2.21. The number of hydrogen-bond donors (Lipinski definition) is 0. The molecular weight excluding hydrogens is 240 g/mol. The summed E-state index contributed by atoms with van der Waals surface area (Å²) in [7, 11) is 0. The van der Waals surface area contributed by atoms with Crippen LogP contribution in [0.5, 0.6) is 0 Å². The number of rotatable bonds is 4. The first kappa shape index (κ1) is 12.5. The van der Waals surface area contributed by atoms with Gasteiger partial charge in [0, 0.05) is 5.88 Å². The van der Waals surface area contributed by atoms with Crippen LogP contribution < -0.4 is 0 Å². The predicted molar refractivity (Wildman–Crippen MR) is 78.1 cm³/mol. The molecule has 0 amide bonds. The normalized spacial score (nSPS) is 34.1. The number of halogens is 1. The first-order valence-electron chi connectivity index (χ1n) is 7.39. The van der Waals surface area contributed by atoms with Crippen LogP contribution in [-0.2, 0) is 12.8 Å². The Balaban J connectivity index is 1.77. The van der Waals surface area contributed by atoms with Gasteiger partial charge in [-0.05, 0) is 60.5 Å². The van der Waals surface area contributed by atoms with Gasteiger partial charge in [-0.2, -0.15) is 0 Å². The highest BCUT2D eigenvalue weighted by molar-refractivity contribution is 6.18. The summed E-state index contributed by atoms with van der Waals surface area (Å²) in [4.78, 5) is 0. The zero-order valence-corrected chi connectivity index (χ0v) is 12.0. The Morgan fingerprint density at radius 3 is 2.39 bits per heavy atom. The molecule has 2 aliphatic carbocycles. The molecule has 1 heteroatoms. The van der Waals surface area contributed by atoms with Crippen molar-refractivity contribution in [3.63, 3.8) is 0 Å². The second-order valence-corrected chi connectivity index (χ2v) is 6.69. The molecule has 3 rings (SSSR count). The van der Waals surface area contributed by atoms with Gasteiger partial charge >= 0.3 is 0 Å². The summed E-state index contributed by atoms with van der Waals surface area (Å²) >= 11 is 6.37. The zero-order valence-electron chi connectivity index (χ0n) is 11.3. The Morgan fingerprint density at radius 1 is 1.17 bits per heavy atom. The van der Waals surface area contributed by atoms with Crippen molar-refractivity contribution in [2.24, 2.45) is 17.3 Å². The van der Waals surface area contributed by atoms with Crippen LogP contribution in [0, 0.1) is 17.3 Å². The van der Waals surface area contributed by atoms with Crippen LogP contribution >= 0.6 is 11.6 Å². The highest BCUT2D eigenvalue weighted by Gasteiger charge is 2.50. The van der Waals surface area contributed by atoms with E-state index in [0.29, 0.717) is 5.41 Å². The standard InChI is InChI=1S/C17H23Cl/c1-2-13-3-5-14(6-4-13)10-17(12-18)11-15-7-8-16(17)9-15/h3-6,15-16H,2,7-12H2,1H3. The average Bonchev–Trinajstić information content (AvgIpc) is 3.00. The molecular formula is C17H23Cl. The van der Waals surface area contributed by atoms with Crippen LogP contribution in [0.25, 0.3) is 0 Å². The van der Waals surface area contributed by atoms with Crippen LogP contribution in [0.1, 0.15) is 43.7 Å². The molecule has 0 nitrogen and oxygen atoms in total. The van der Waals surface area contributed by atoms with E-state index in [9.17, 15) is 0 Å². The lowest BCUT2D eigenvalue weighted by molar-refractivity contribution is 0.193. The summed E-state index contributed by atoms with van der Waals surface area (Å²) in [6, 6.07) is 9.20. The molecule has 98 valence electrons. The van der Waals surface area contributed by atoms with Crippen molar-refractivity contribution in [2.75, 3.05) is 5.88 Å².